The Kier molecular flexibility index (Phi) is 10.3. The van der Waals surface area contributed by atoms with E-state index < -0.39 is 54.1 Å². The molecule has 15 heteroatoms. The lowest BCUT2D eigenvalue weighted by Gasteiger charge is -2.19. The number of benzene rings is 2. The highest BCUT2D eigenvalue weighted by molar-refractivity contribution is 9.10. The third kappa shape index (κ3) is 9.05. The summed E-state index contributed by atoms with van der Waals surface area (Å²) >= 11 is 20.4. The number of carbonyl (C=O) groups excluding carboxylic acids is 2. The molecule has 0 aliphatic rings. The summed E-state index contributed by atoms with van der Waals surface area (Å²) in [5.41, 5.74) is -0.911. The van der Waals surface area contributed by atoms with E-state index in [0.29, 0.717) is 6.08 Å². The molecule has 0 radical (unpaired) electrons. The van der Waals surface area contributed by atoms with Crippen LogP contribution in [0.25, 0.3) is 5.83 Å². The van der Waals surface area contributed by atoms with Crippen molar-refractivity contribution in [2.45, 2.75) is 37.8 Å². The number of carbonyl (C=O) groups is 2. The number of halogens is 11. The fourth-order valence-electron chi connectivity index (χ4n) is 3.01. The summed E-state index contributed by atoms with van der Waals surface area (Å²) in [6.07, 6.45) is -12.3. The molecule has 0 aliphatic heterocycles. The minimum atomic E-state index is -4.93. The first-order valence-electron chi connectivity index (χ1n) is 9.94. The number of hydrogen-bond acceptors (Lipinski definition) is 2. The van der Waals surface area contributed by atoms with Gasteiger partial charge in [0.15, 0.2) is 0 Å². The summed E-state index contributed by atoms with van der Waals surface area (Å²) in [7, 11) is 0. The van der Waals surface area contributed by atoms with Gasteiger partial charge in [0.25, 0.3) is 5.91 Å². The molecule has 0 heterocycles. The van der Waals surface area contributed by atoms with Crippen molar-refractivity contribution >= 4 is 68.4 Å². The number of hydrogen-bond donors (Lipinski definition) is 2. The second kappa shape index (κ2) is 12.2. The first-order valence-corrected chi connectivity index (χ1v) is 11.9. The maximum atomic E-state index is 14.9. The Labute approximate surface area is 229 Å². The quantitative estimate of drug-likeness (QED) is 0.179. The van der Waals surface area contributed by atoms with E-state index in [0.717, 1.165) is 30.3 Å². The lowest BCUT2D eigenvalue weighted by molar-refractivity contribution is -0.154. The maximum absolute atomic E-state index is 14.9. The van der Waals surface area contributed by atoms with Gasteiger partial charge in [0, 0.05) is 10.0 Å². The Morgan fingerprint density at radius 3 is 2.05 bits per heavy atom. The molecule has 0 aliphatic carbocycles. The van der Waals surface area contributed by atoms with E-state index in [1.165, 1.54) is 6.92 Å². The largest absolute Gasteiger partial charge is 0.399 e. The Bertz CT molecular complexity index is 1200. The van der Waals surface area contributed by atoms with E-state index in [1.807, 2.05) is 5.32 Å². The molecule has 0 bridgehead atoms. The topological polar surface area (TPSA) is 58.2 Å². The van der Waals surface area contributed by atoms with Gasteiger partial charge in [0.05, 0.1) is 26.8 Å². The third-order valence-corrected chi connectivity index (χ3v) is 6.46. The van der Waals surface area contributed by atoms with E-state index in [4.69, 9.17) is 34.8 Å². The van der Waals surface area contributed by atoms with Crippen molar-refractivity contribution in [1.29, 1.82) is 0 Å². The van der Waals surface area contributed by atoms with Crippen LogP contribution in [0.5, 0.6) is 0 Å². The first kappa shape index (κ1) is 31.2. The van der Waals surface area contributed by atoms with Crippen molar-refractivity contribution in [1.82, 2.24) is 10.6 Å². The number of rotatable bonds is 7. The zero-order valence-corrected chi connectivity index (χ0v) is 22.2. The molecular weight excluding hydrogens is 644 g/mol. The molecule has 2 aromatic carbocycles. The van der Waals surface area contributed by atoms with Crippen molar-refractivity contribution in [2.75, 3.05) is 0 Å². The SMILES string of the molecule is C[C@H](NC(=O)CC(F)(F)F)NC(=O)c1ccc(/C(F)=C/C(c2cc(Cl)c(Cl)c(Cl)c2)C(F)(F)F)cc1Br. The molecule has 2 rings (SSSR count). The molecule has 0 saturated carbocycles. The first-order chi connectivity index (χ1) is 16.9. The Morgan fingerprint density at radius 1 is 1.00 bits per heavy atom. The average Bonchev–Trinajstić information content (AvgIpc) is 2.72. The highest BCUT2D eigenvalue weighted by atomic mass is 79.9. The smallest absolute Gasteiger partial charge is 0.336 e. The van der Waals surface area contributed by atoms with Crippen LogP contribution in [0.2, 0.25) is 15.1 Å². The van der Waals surface area contributed by atoms with E-state index in [2.05, 4.69) is 21.2 Å². The zero-order chi connectivity index (χ0) is 28.3. The summed E-state index contributed by atoms with van der Waals surface area (Å²) in [4.78, 5) is 23.7. The molecular formula is C22H15BrCl3F7N2O2. The Balaban J connectivity index is 2.26. The van der Waals surface area contributed by atoms with Crippen LogP contribution in [0.4, 0.5) is 30.7 Å². The minimum absolute atomic E-state index is 0.0407. The molecule has 2 amide bonds. The summed E-state index contributed by atoms with van der Waals surface area (Å²) in [5, 5.41) is 3.50. The summed E-state index contributed by atoms with van der Waals surface area (Å²) in [5.74, 6) is -5.96. The van der Waals surface area contributed by atoms with Crippen LogP contribution in [-0.2, 0) is 4.79 Å². The van der Waals surface area contributed by atoms with Crippen LogP contribution < -0.4 is 10.6 Å². The number of amides is 2. The van der Waals surface area contributed by atoms with Crippen LogP contribution in [0.1, 0.15) is 40.7 Å². The van der Waals surface area contributed by atoms with Gasteiger partial charge in [0.1, 0.15) is 18.2 Å². The second-order valence-electron chi connectivity index (χ2n) is 7.58. The number of alkyl halides is 6. The van der Waals surface area contributed by atoms with Gasteiger partial charge in [-0.25, -0.2) is 4.39 Å². The van der Waals surface area contributed by atoms with Gasteiger partial charge in [-0.1, -0.05) is 40.9 Å². The maximum Gasteiger partial charge on any atom is 0.399 e. The van der Waals surface area contributed by atoms with Crippen LogP contribution in [-0.4, -0.2) is 30.3 Å². The predicted octanol–water partition coefficient (Wildman–Crippen LogP) is 8.21. The third-order valence-electron chi connectivity index (χ3n) is 4.61. The molecule has 1 unspecified atom stereocenters. The van der Waals surface area contributed by atoms with Gasteiger partial charge in [-0.05, 0) is 58.8 Å². The monoisotopic (exact) mass is 656 g/mol. The number of nitrogens with one attached hydrogen (secondary N) is 2. The van der Waals surface area contributed by atoms with Crippen LogP contribution in [0.3, 0.4) is 0 Å². The molecule has 0 spiro atoms. The van der Waals surface area contributed by atoms with Crippen molar-refractivity contribution in [3.05, 3.63) is 72.6 Å². The second-order valence-corrected chi connectivity index (χ2v) is 9.63. The Hall–Kier alpha value is -2.02. The van der Waals surface area contributed by atoms with Crippen molar-refractivity contribution in [2.24, 2.45) is 0 Å². The molecule has 2 atom stereocenters. The van der Waals surface area contributed by atoms with Gasteiger partial charge < -0.3 is 10.6 Å². The van der Waals surface area contributed by atoms with Gasteiger partial charge in [-0.15, -0.1) is 0 Å². The lowest BCUT2D eigenvalue weighted by Crippen LogP contribution is -2.46. The molecule has 0 saturated heterocycles. The summed E-state index contributed by atoms with van der Waals surface area (Å²) in [6, 6.07) is 4.95. The molecule has 2 aromatic rings. The van der Waals surface area contributed by atoms with Crippen LogP contribution in [0, 0.1) is 0 Å². The Morgan fingerprint density at radius 2 is 1.57 bits per heavy atom. The van der Waals surface area contributed by atoms with Gasteiger partial charge in [-0.2, -0.15) is 26.3 Å². The predicted molar refractivity (Wildman–Crippen MR) is 129 cm³/mol. The van der Waals surface area contributed by atoms with Crippen molar-refractivity contribution in [3.63, 3.8) is 0 Å². The van der Waals surface area contributed by atoms with Crippen molar-refractivity contribution in [3.8, 4) is 0 Å². The summed E-state index contributed by atoms with van der Waals surface area (Å²) < 4.78 is 92.8. The highest BCUT2D eigenvalue weighted by Gasteiger charge is 2.40. The molecule has 0 fully saturated rings. The van der Waals surface area contributed by atoms with Crippen molar-refractivity contribution < 1.29 is 40.3 Å². The molecule has 202 valence electrons. The van der Waals surface area contributed by atoms with Gasteiger partial charge >= 0.3 is 12.4 Å². The summed E-state index contributed by atoms with van der Waals surface area (Å²) in [6.45, 7) is 1.21. The molecule has 37 heavy (non-hydrogen) atoms. The van der Waals surface area contributed by atoms with E-state index in [1.54, 1.807) is 0 Å². The normalized spacial score (nSPS) is 14.2. The average molecular weight is 659 g/mol. The molecule has 2 N–H and O–H groups in total. The van der Waals surface area contributed by atoms with E-state index in [-0.39, 0.29) is 30.7 Å². The van der Waals surface area contributed by atoms with E-state index in [9.17, 15) is 40.3 Å². The molecule has 0 aromatic heterocycles. The van der Waals surface area contributed by atoms with Gasteiger partial charge in [-0.3, -0.25) is 9.59 Å². The minimum Gasteiger partial charge on any atom is -0.336 e. The standard InChI is InChI=1S/C22H15BrCl3F7N2O2/c1-9(34-18(36)8-21(28,29)30)35-20(37)12-3-2-10(4-14(12)23)17(27)7-13(22(31,32)33)11-5-15(24)19(26)16(25)6-11/h2-7,9,13H,8H2,1H3,(H,34,36)(H,35,37)/b17-7-/t9-,13?/m1/s1. The van der Waals surface area contributed by atoms with E-state index >= 15 is 0 Å². The fraction of sp³-hybridized carbons (Fsp3) is 0.273. The molecule has 4 nitrogen and oxygen atoms in total. The van der Waals surface area contributed by atoms with Crippen LogP contribution in [0.15, 0.2) is 40.9 Å². The van der Waals surface area contributed by atoms with Gasteiger partial charge in [0.2, 0.25) is 5.91 Å². The van der Waals surface area contributed by atoms with Crippen LogP contribution >= 0.6 is 50.7 Å². The number of allylic oxidation sites excluding steroid dienone is 1. The fourth-order valence-corrected chi connectivity index (χ4v) is 4.18. The zero-order valence-electron chi connectivity index (χ0n) is 18.3. The highest BCUT2D eigenvalue weighted by Crippen LogP contribution is 2.42. The lowest BCUT2D eigenvalue weighted by atomic mass is 9.96.